The molecule has 0 aliphatic rings. The van der Waals surface area contributed by atoms with Crippen molar-refractivity contribution in [2.75, 3.05) is 18.0 Å². The SMILES string of the molecule is N#CCN(CC#N)c1ccc(C=O)cc1C(F)(F)F. The number of alkyl halides is 3. The van der Waals surface area contributed by atoms with Crippen molar-refractivity contribution in [2.45, 2.75) is 6.18 Å². The first-order chi connectivity index (χ1) is 8.93. The highest BCUT2D eigenvalue weighted by Gasteiger charge is 2.35. The van der Waals surface area contributed by atoms with Crippen LogP contribution in [0.15, 0.2) is 18.2 Å². The summed E-state index contributed by atoms with van der Waals surface area (Å²) in [6.07, 6.45) is -4.37. The van der Waals surface area contributed by atoms with Gasteiger partial charge in [-0.15, -0.1) is 0 Å². The van der Waals surface area contributed by atoms with Crippen LogP contribution >= 0.6 is 0 Å². The van der Waals surface area contributed by atoms with Gasteiger partial charge in [-0.25, -0.2) is 0 Å². The van der Waals surface area contributed by atoms with Crippen molar-refractivity contribution in [2.24, 2.45) is 0 Å². The van der Waals surface area contributed by atoms with E-state index in [9.17, 15) is 18.0 Å². The van der Waals surface area contributed by atoms with Crippen LogP contribution in [0.2, 0.25) is 0 Å². The number of nitriles is 2. The van der Waals surface area contributed by atoms with Crippen molar-refractivity contribution in [1.82, 2.24) is 0 Å². The molecule has 19 heavy (non-hydrogen) atoms. The Bertz CT molecular complexity index is 539. The Kier molecular flexibility index (Phi) is 4.49. The van der Waals surface area contributed by atoms with E-state index in [4.69, 9.17) is 10.5 Å². The average Bonchev–Trinajstić information content (AvgIpc) is 2.37. The van der Waals surface area contributed by atoms with E-state index >= 15 is 0 Å². The Labute approximate surface area is 107 Å². The molecule has 0 N–H and O–H groups in total. The molecule has 0 saturated carbocycles. The van der Waals surface area contributed by atoms with Crippen LogP contribution in [0.1, 0.15) is 15.9 Å². The van der Waals surface area contributed by atoms with Gasteiger partial charge in [-0.1, -0.05) is 0 Å². The zero-order valence-corrected chi connectivity index (χ0v) is 9.61. The first-order valence-corrected chi connectivity index (χ1v) is 5.09. The third-order valence-electron chi connectivity index (χ3n) is 2.33. The second kappa shape index (κ2) is 5.87. The number of nitrogens with zero attached hydrogens (tertiary/aromatic N) is 3. The lowest BCUT2D eigenvalue weighted by Crippen LogP contribution is -2.26. The zero-order valence-electron chi connectivity index (χ0n) is 9.61. The van der Waals surface area contributed by atoms with Gasteiger partial charge in [-0.2, -0.15) is 23.7 Å². The topological polar surface area (TPSA) is 67.9 Å². The molecule has 4 nitrogen and oxygen atoms in total. The molecule has 1 aromatic carbocycles. The number of halogens is 3. The van der Waals surface area contributed by atoms with Crippen LogP contribution < -0.4 is 4.90 Å². The third kappa shape index (κ3) is 3.46. The van der Waals surface area contributed by atoms with Crippen molar-refractivity contribution >= 4 is 12.0 Å². The van der Waals surface area contributed by atoms with E-state index < -0.39 is 11.7 Å². The normalized spacial score (nSPS) is 10.4. The lowest BCUT2D eigenvalue weighted by Gasteiger charge is -2.23. The Hall–Kier alpha value is -2.54. The number of benzene rings is 1. The van der Waals surface area contributed by atoms with E-state index in [1.165, 1.54) is 6.07 Å². The highest BCUT2D eigenvalue weighted by Crippen LogP contribution is 2.37. The van der Waals surface area contributed by atoms with Gasteiger partial charge < -0.3 is 4.90 Å². The fourth-order valence-corrected chi connectivity index (χ4v) is 1.53. The molecule has 0 aliphatic carbocycles. The second-order valence-corrected chi connectivity index (χ2v) is 3.56. The van der Waals surface area contributed by atoms with Crippen molar-refractivity contribution in [3.8, 4) is 12.1 Å². The molecule has 0 spiro atoms. The molecule has 0 atom stereocenters. The lowest BCUT2D eigenvalue weighted by molar-refractivity contribution is -0.137. The van der Waals surface area contributed by atoms with Gasteiger partial charge in [-0.05, 0) is 18.2 Å². The van der Waals surface area contributed by atoms with Crippen molar-refractivity contribution in [3.05, 3.63) is 29.3 Å². The minimum absolute atomic E-state index is 0.120. The van der Waals surface area contributed by atoms with Crippen LogP contribution in [0.4, 0.5) is 18.9 Å². The largest absolute Gasteiger partial charge is 0.418 e. The monoisotopic (exact) mass is 267 g/mol. The summed E-state index contributed by atoms with van der Waals surface area (Å²) in [6.45, 7) is -0.700. The van der Waals surface area contributed by atoms with Gasteiger partial charge in [0.25, 0.3) is 0 Å². The summed E-state index contributed by atoms with van der Waals surface area (Å²) in [6, 6.07) is 6.38. The minimum atomic E-state index is -4.67. The first-order valence-electron chi connectivity index (χ1n) is 5.09. The van der Waals surface area contributed by atoms with E-state index in [-0.39, 0.29) is 24.3 Å². The number of carbonyl (C=O) groups excluding carboxylic acids is 1. The van der Waals surface area contributed by atoms with Crippen molar-refractivity contribution in [3.63, 3.8) is 0 Å². The molecule has 0 amide bonds. The van der Waals surface area contributed by atoms with Gasteiger partial charge in [-0.3, -0.25) is 4.79 Å². The molecular formula is C12H8F3N3O. The molecule has 0 fully saturated rings. The Morgan fingerprint density at radius 2 is 1.79 bits per heavy atom. The minimum Gasteiger partial charge on any atom is -0.344 e. The smallest absolute Gasteiger partial charge is 0.344 e. The van der Waals surface area contributed by atoms with E-state index in [1.54, 1.807) is 12.1 Å². The fourth-order valence-electron chi connectivity index (χ4n) is 1.53. The van der Waals surface area contributed by atoms with Crippen LogP contribution in [0, 0.1) is 22.7 Å². The average molecular weight is 267 g/mol. The quantitative estimate of drug-likeness (QED) is 0.620. The number of hydrogen-bond donors (Lipinski definition) is 0. The molecule has 0 unspecified atom stereocenters. The number of anilines is 1. The van der Waals surface area contributed by atoms with Crippen LogP contribution in [-0.4, -0.2) is 19.4 Å². The maximum atomic E-state index is 12.9. The van der Waals surface area contributed by atoms with Crippen LogP contribution in [-0.2, 0) is 6.18 Å². The highest BCUT2D eigenvalue weighted by molar-refractivity contribution is 5.77. The molecule has 0 radical (unpaired) electrons. The maximum Gasteiger partial charge on any atom is 0.418 e. The Morgan fingerprint density at radius 1 is 1.21 bits per heavy atom. The number of rotatable bonds is 4. The maximum absolute atomic E-state index is 12.9. The number of hydrogen-bond acceptors (Lipinski definition) is 4. The van der Waals surface area contributed by atoms with E-state index in [1.807, 2.05) is 0 Å². The van der Waals surface area contributed by atoms with E-state index in [2.05, 4.69) is 0 Å². The van der Waals surface area contributed by atoms with Gasteiger partial charge in [0, 0.05) is 5.56 Å². The lowest BCUT2D eigenvalue weighted by atomic mass is 10.1. The number of carbonyl (C=O) groups is 1. The third-order valence-corrected chi connectivity index (χ3v) is 2.33. The summed E-state index contributed by atoms with van der Waals surface area (Å²) >= 11 is 0. The van der Waals surface area contributed by atoms with Crippen LogP contribution in [0.25, 0.3) is 0 Å². The van der Waals surface area contributed by atoms with Gasteiger partial charge in [0.15, 0.2) is 0 Å². The molecule has 1 rings (SSSR count). The van der Waals surface area contributed by atoms with Crippen LogP contribution in [0.5, 0.6) is 0 Å². The Balaban J connectivity index is 3.37. The molecule has 98 valence electrons. The van der Waals surface area contributed by atoms with E-state index in [0.29, 0.717) is 12.4 Å². The summed E-state index contributed by atoms with van der Waals surface area (Å²) in [7, 11) is 0. The molecule has 1 aromatic rings. The Morgan fingerprint density at radius 3 is 2.21 bits per heavy atom. The van der Waals surface area contributed by atoms with Gasteiger partial charge in [0.05, 0.1) is 23.4 Å². The summed E-state index contributed by atoms with van der Waals surface area (Å²) < 4.78 is 38.7. The highest BCUT2D eigenvalue weighted by atomic mass is 19.4. The van der Waals surface area contributed by atoms with Crippen molar-refractivity contribution < 1.29 is 18.0 Å². The molecule has 0 saturated heterocycles. The predicted molar refractivity (Wildman–Crippen MR) is 60.3 cm³/mol. The molecule has 0 bridgehead atoms. The summed E-state index contributed by atoms with van der Waals surface area (Å²) in [4.78, 5) is 11.5. The summed E-state index contributed by atoms with van der Waals surface area (Å²) in [5.74, 6) is 0. The molecule has 0 aromatic heterocycles. The predicted octanol–water partition coefficient (Wildman–Crippen LogP) is 2.37. The second-order valence-electron chi connectivity index (χ2n) is 3.56. The van der Waals surface area contributed by atoms with Crippen molar-refractivity contribution in [1.29, 1.82) is 10.5 Å². The first kappa shape index (κ1) is 14.5. The van der Waals surface area contributed by atoms with Gasteiger partial charge >= 0.3 is 6.18 Å². The number of aldehydes is 1. The molecule has 7 heteroatoms. The molecular weight excluding hydrogens is 259 g/mol. The molecule has 0 heterocycles. The molecule has 0 aliphatic heterocycles. The summed E-state index contributed by atoms with van der Waals surface area (Å²) in [5, 5.41) is 17.2. The zero-order chi connectivity index (χ0) is 14.5. The van der Waals surface area contributed by atoms with E-state index in [0.717, 1.165) is 11.0 Å². The van der Waals surface area contributed by atoms with Crippen LogP contribution in [0.3, 0.4) is 0 Å². The fraction of sp³-hybridized carbons (Fsp3) is 0.250. The van der Waals surface area contributed by atoms with Gasteiger partial charge in [0.1, 0.15) is 19.4 Å². The standard InChI is InChI=1S/C12H8F3N3O/c13-12(14,15)10-7-9(8-19)1-2-11(10)18(5-3-16)6-4-17/h1-2,7-8H,5-6H2. The summed E-state index contributed by atoms with van der Waals surface area (Å²) in [5.41, 5.74) is -1.45. The van der Waals surface area contributed by atoms with Gasteiger partial charge in [0.2, 0.25) is 0 Å².